The summed E-state index contributed by atoms with van der Waals surface area (Å²) < 4.78 is 36.6. The summed E-state index contributed by atoms with van der Waals surface area (Å²) in [6, 6.07) is 4.77. The van der Waals surface area contributed by atoms with Gasteiger partial charge in [0, 0.05) is 6.42 Å². The Labute approximate surface area is 104 Å². The average molecular weight is 270 g/mol. The number of hydrogen-bond donors (Lipinski definition) is 2. The monoisotopic (exact) mass is 269 g/mol. The second-order valence-corrected chi connectivity index (χ2v) is 3.76. The third-order valence-electron chi connectivity index (χ3n) is 2.45. The SMILES string of the molecule is Cc1ccccc1[C@@H](O)C[C@@H](N)C(F)(F)F.Cl. The van der Waals surface area contributed by atoms with Gasteiger partial charge < -0.3 is 10.8 Å². The maximum atomic E-state index is 12.2. The molecule has 0 amide bonds. The highest BCUT2D eigenvalue weighted by Crippen LogP contribution is 2.27. The normalized spacial score (nSPS) is 14.9. The zero-order chi connectivity index (χ0) is 12.3. The minimum Gasteiger partial charge on any atom is -0.388 e. The van der Waals surface area contributed by atoms with Crippen LogP contribution in [0, 0.1) is 6.92 Å². The summed E-state index contributed by atoms with van der Waals surface area (Å²) >= 11 is 0. The zero-order valence-corrected chi connectivity index (χ0v) is 10.1. The van der Waals surface area contributed by atoms with Crippen molar-refractivity contribution in [3.05, 3.63) is 35.4 Å². The van der Waals surface area contributed by atoms with E-state index in [9.17, 15) is 18.3 Å². The number of hydrogen-bond acceptors (Lipinski definition) is 2. The molecule has 17 heavy (non-hydrogen) atoms. The molecule has 0 saturated heterocycles. The van der Waals surface area contributed by atoms with E-state index in [2.05, 4.69) is 0 Å². The highest BCUT2D eigenvalue weighted by Gasteiger charge is 2.38. The first-order chi connectivity index (χ1) is 7.32. The Morgan fingerprint density at radius 3 is 2.29 bits per heavy atom. The van der Waals surface area contributed by atoms with E-state index in [1.165, 1.54) is 0 Å². The van der Waals surface area contributed by atoms with Crippen LogP contribution in [0.5, 0.6) is 0 Å². The Morgan fingerprint density at radius 1 is 1.29 bits per heavy atom. The molecule has 0 unspecified atom stereocenters. The quantitative estimate of drug-likeness (QED) is 0.886. The lowest BCUT2D eigenvalue weighted by atomic mass is 9.98. The molecule has 3 N–H and O–H groups in total. The second kappa shape index (κ2) is 6.23. The van der Waals surface area contributed by atoms with E-state index >= 15 is 0 Å². The highest BCUT2D eigenvalue weighted by atomic mass is 35.5. The Kier molecular flexibility index (Phi) is 5.95. The van der Waals surface area contributed by atoms with Gasteiger partial charge in [0.25, 0.3) is 0 Å². The molecule has 0 aromatic heterocycles. The van der Waals surface area contributed by atoms with Crippen molar-refractivity contribution in [2.45, 2.75) is 31.7 Å². The van der Waals surface area contributed by atoms with Crippen LogP contribution in [-0.4, -0.2) is 17.3 Å². The van der Waals surface area contributed by atoms with Gasteiger partial charge in [0.1, 0.15) is 6.04 Å². The van der Waals surface area contributed by atoms with Crippen molar-refractivity contribution in [3.63, 3.8) is 0 Å². The van der Waals surface area contributed by atoms with Crippen LogP contribution in [-0.2, 0) is 0 Å². The van der Waals surface area contributed by atoms with Gasteiger partial charge in [-0.05, 0) is 18.1 Å². The molecule has 0 spiro atoms. The second-order valence-electron chi connectivity index (χ2n) is 3.76. The Bertz CT molecular complexity index is 357. The van der Waals surface area contributed by atoms with Gasteiger partial charge in [-0.1, -0.05) is 24.3 Å². The molecule has 0 heterocycles. The number of rotatable bonds is 3. The number of benzene rings is 1. The van der Waals surface area contributed by atoms with Crippen molar-refractivity contribution < 1.29 is 18.3 Å². The van der Waals surface area contributed by atoms with Crippen LogP contribution >= 0.6 is 12.4 Å². The topological polar surface area (TPSA) is 46.2 Å². The van der Waals surface area contributed by atoms with Crippen LogP contribution in [0.25, 0.3) is 0 Å². The number of nitrogens with two attached hydrogens (primary N) is 1. The first-order valence-electron chi connectivity index (χ1n) is 4.88. The van der Waals surface area contributed by atoms with Crippen LogP contribution in [0.3, 0.4) is 0 Å². The summed E-state index contributed by atoms with van der Waals surface area (Å²) in [5.41, 5.74) is 6.20. The molecular formula is C11H15ClF3NO. The summed E-state index contributed by atoms with van der Waals surface area (Å²) in [6.07, 6.45) is -6.17. The minimum absolute atomic E-state index is 0. The molecule has 2 nitrogen and oxygen atoms in total. The predicted octanol–water partition coefficient (Wildman–Crippen LogP) is 2.73. The van der Waals surface area contributed by atoms with Crippen LogP contribution in [0.15, 0.2) is 24.3 Å². The Morgan fingerprint density at radius 2 is 1.82 bits per heavy atom. The van der Waals surface area contributed by atoms with Gasteiger partial charge in [0.2, 0.25) is 0 Å². The molecule has 98 valence electrons. The molecule has 1 aromatic carbocycles. The number of halogens is 4. The van der Waals surface area contributed by atoms with Crippen molar-refractivity contribution in [2.75, 3.05) is 0 Å². The molecule has 0 saturated carbocycles. The Hall–Kier alpha value is -0.780. The van der Waals surface area contributed by atoms with Gasteiger partial charge in [-0.2, -0.15) is 13.2 Å². The summed E-state index contributed by atoms with van der Waals surface area (Å²) in [7, 11) is 0. The smallest absolute Gasteiger partial charge is 0.388 e. The molecule has 6 heteroatoms. The van der Waals surface area contributed by atoms with Gasteiger partial charge in [-0.25, -0.2) is 0 Å². The van der Waals surface area contributed by atoms with E-state index in [0.717, 1.165) is 5.56 Å². The third kappa shape index (κ3) is 4.53. The fraction of sp³-hybridized carbons (Fsp3) is 0.455. The number of aliphatic hydroxyl groups is 1. The summed E-state index contributed by atoms with van der Waals surface area (Å²) in [6.45, 7) is 1.73. The molecular weight excluding hydrogens is 255 g/mol. The fourth-order valence-corrected chi connectivity index (χ4v) is 1.46. The van der Waals surface area contributed by atoms with Crippen LogP contribution < -0.4 is 5.73 Å². The van der Waals surface area contributed by atoms with Gasteiger partial charge in [0.05, 0.1) is 6.10 Å². The van der Waals surface area contributed by atoms with E-state index in [1.807, 2.05) is 0 Å². The molecule has 0 aliphatic heterocycles. The first-order valence-corrected chi connectivity index (χ1v) is 4.88. The lowest BCUT2D eigenvalue weighted by Gasteiger charge is -2.20. The van der Waals surface area contributed by atoms with Crippen molar-refractivity contribution in [3.8, 4) is 0 Å². The largest absolute Gasteiger partial charge is 0.403 e. The van der Waals surface area contributed by atoms with Gasteiger partial charge in [-0.3, -0.25) is 0 Å². The molecule has 1 aromatic rings. The number of aryl methyl sites for hydroxylation is 1. The molecule has 0 bridgehead atoms. The molecule has 0 radical (unpaired) electrons. The molecule has 0 aliphatic carbocycles. The third-order valence-corrected chi connectivity index (χ3v) is 2.45. The maximum absolute atomic E-state index is 12.2. The van der Waals surface area contributed by atoms with Crippen LogP contribution in [0.2, 0.25) is 0 Å². The highest BCUT2D eigenvalue weighted by molar-refractivity contribution is 5.85. The fourth-order valence-electron chi connectivity index (χ4n) is 1.46. The van der Waals surface area contributed by atoms with Crippen molar-refractivity contribution in [1.29, 1.82) is 0 Å². The zero-order valence-electron chi connectivity index (χ0n) is 9.24. The van der Waals surface area contributed by atoms with Crippen molar-refractivity contribution >= 4 is 12.4 Å². The number of alkyl halides is 3. The van der Waals surface area contributed by atoms with Crippen LogP contribution in [0.4, 0.5) is 13.2 Å². The van der Waals surface area contributed by atoms with Crippen molar-refractivity contribution in [2.24, 2.45) is 5.73 Å². The summed E-state index contributed by atoms with van der Waals surface area (Å²) in [5.74, 6) is 0. The van der Waals surface area contributed by atoms with Crippen LogP contribution in [0.1, 0.15) is 23.7 Å². The van der Waals surface area contributed by atoms with Crippen molar-refractivity contribution in [1.82, 2.24) is 0 Å². The van der Waals surface area contributed by atoms with Gasteiger partial charge in [0.15, 0.2) is 0 Å². The van der Waals surface area contributed by atoms with E-state index < -0.39 is 24.7 Å². The maximum Gasteiger partial charge on any atom is 0.403 e. The Balaban J connectivity index is 0.00000256. The van der Waals surface area contributed by atoms with Gasteiger partial charge in [-0.15, -0.1) is 12.4 Å². The van der Waals surface area contributed by atoms with E-state index in [-0.39, 0.29) is 12.4 Å². The summed E-state index contributed by atoms with van der Waals surface area (Å²) in [5, 5.41) is 9.66. The molecule has 1 rings (SSSR count). The van der Waals surface area contributed by atoms with E-state index in [4.69, 9.17) is 5.73 Å². The van der Waals surface area contributed by atoms with E-state index in [1.54, 1.807) is 31.2 Å². The van der Waals surface area contributed by atoms with Gasteiger partial charge >= 0.3 is 6.18 Å². The lowest BCUT2D eigenvalue weighted by molar-refractivity contribution is -0.153. The molecule has 2 atom stereocenters. The standard InChI is InChI=1S/C11H14F3NO.ClH/c1-7-4-2-3-5-8(7)9(16)6-10(15)11(12,13)14;/h2-5,9-10,16H,6,15H2,1H3;1H/t9-,10+;/m0./s1. The molecule has 0 fully saturated rings. The summed E-state index contributed by atoms with van der Waals surface area (Å²) in [4.78, 5) is 0. The van der Waals surface area contributed by atoms with E-state index in [0.29, 0.717) is 5.56 Å². The molecule has 0 aliphatic rings. The first kappa shape index (κ1) is 16.2. The predicted molar refractivity (Wildman–Crippen MR) is 62.0 cm³/mol. The average Bonchev–Trinajstić information content (AvgIpc) is 2.16. The number of aliphatic hydroxyl groups excluding tert-OH is 1. The minimum atomic E-state index is -4.47. The lowest BCUT2D eigenvalue weighted by Crippen LogP contribution is -2.38.